The number of benzene rings is 2. The van der Waals surface area contributed by atoms with Gasteiger partial charge < -0.3 is 15.2 Å². The molecule has 0 amide bonds. The molecule has 3 aromatic rings. The number of ether oxygens (including phenoxy) is 1. The SMILES string of the molecule is CC(=O)c1ccc(OCc2ccccc2)c(NC=C(C#N)c2nn[nH]n2)c1O. The number of aromatic hydroxyl groups is 1. The first-order valence-corrected chi connectivity index (χ1v) is 8.24. The number of H-pyrrole nitrogens is 1. The van der Waals surface area contributed by atoms with Crippen LogP contribution in [0.3, 0.4) is 0 Å². The van der Waals surface area contributed by atoms with Gasteiger partial charge in [-0.1, -0.05) is 30.3 Å². The summed E-state index contributed by atoms with van der Waals surface area (Å²) in [6.45, 7) is 1.60. The third-order valence-electron chi connectivity index (χ3n) is 3.82. The van der Waals surface area contributed by atoms with E-state index in [0.29, 0.717) is 5.75 Å². The number of aromatic nitrogens is 4. The maximum Gasteiger partial charge on any atom is 0.216 e. The van der Waals surface area contributed by atoms with Crippen LogP contribution in [0.1, 0.15) is 28.7 Å². The number of Topliss-reactive ketones (excluding diaryl/α,β-unsaturated/α-hetero) is 1. The van der Waals surface area contributed by atoms with E-state index in [1.165, 1.54) is 19.2 Å². The first-order valence-electron chi connectivity index (χ1n) is 8.24. The fourth-order valence-electron chi connectivity index (χ4n) is 2.42. The number of nitriles is 1. The molecule has 2 aromatic carbocycles. The van der Waals surface area contributed by atoms with Gasteiger partial charge in [-0.05, 0) is 29.8 Å². The standard InChI is InChI=1S/C19H16N6O3/c1-12(26)15-7-8-16(28-11-13-5-3-2-4-6-13)17(18(15)27)21-10-14(9-20)19-22-24-25-23-19/h2-8,10,21,27H,11H2,1H3,(H,22,23,24,25). The molecule has 9 heteroatoms. The smallest absolute Gasteiger partial charge is 0.216 e. The lowest BCUT2D eigenvalue weighted by Crippen LogP contribution is -2.03. The quantitative estimate of drug-likeness (QED) is 0.325. The third-order valence-corrected chi connectivity index (χ3v) is 3.82. The van der Waals surface area contributed by atoms with Crippen LogP contribution in [0.15, 0.2) is 48.7 Å². The second-order valence-electron chi connectivity index (χ2n) is 5.71. The van der Waals surface area contributed by atoms with E-state index in [1.54, 1.807) is 6.07 Å². The number of carbonyl (C=O) groups is 1. The van der Waals surface area contributed by atoms with Gasteiger partial charge in [0.2, 0.25) is 5.82 Å². The predicted molar refractivity (Wildman–Crippen MR) is 100 cm³/mol. The summed E-state index contributed by atoms with van der Waals surface area (Å²) in [4.78, 5) is 11.8. The molecule has 0 aliphatic heterocycles. The van der Waals surface area contributed by atoms with Crippen LogP contribution < -0.4 is 10.1 Å². The highest BCUT2D eigenvalue weighted by molar-refractivity contribution is 5.99. The molecule has 1 heterocycles. The summed E-state index contributed by atoms with van der Waals surface area (Å²) in [6.07, 6.45) is 1.30. The summed E-state index contributed by atoms with van der Waals surface area (Å²) in [5, 5.41) is 35.8. The van der Waals surface area contributed by atoms with Crippen molar-refractivity contribution in [3.63, 3.8) is 0 Å². The molecule has 0 fully saturated rings. The summed E-state index contributed by atoms with van der Waals surface area (Å²) in [7, 11) is 0. The van der Waals surface area contributed by atoms with Crippen LogP contribution in [0, 0.1) is 11.3 Å². The molecule has 0 saturated carbocycles. The zero-order valence-corrected chi connectivity index (χ0v) is 14.9. The lowest BCUT2D eigenvalue weighted by molar-refractivity contribution is 0.101. The number of tetrazole rings is 1. The van der Waals surface area contributed by atoms with Crippen molar-refractivity contribution in [3.05, 3.63) is 65.6 Å². The number of ketones is 1. The Morgan fingerprint density at radius 1 is 1.32 bits per heavy atom. The van der Waals surface area contributed by atoms with Gasteiger partial charge in [0.05, 0.1) is 5.56 Å². The Bertz CT molecular complexity index is 1040. The Hall–Kier alpha value is -4.19. The molecule has 0 atom stereocenters. The summed E-state index contributed by atoms with van der Waals surface area (Å²) in [5.41, 5.74) is 1.29. The molecule has 3 N–H and O–H groups in total. The highest BCUT2D eigenvalue weighted by atomic mass is 16.5. The van der Waals surface area contributed by atoms with Crippen molar-refractivity contribution in [2.24, 2.45) is 0 Å². The summed E-state index contributed by atoms with van der Waals surface area (Å²) >= 11 is 0. The molecule has 0 radical (unpaired) electrons. The van der Waals surface area contributed by atoms with Crippen LogP contribution >= 0.6 is 0 Å². The maximum absolute atomic E-state index is 11.8. The topological polar surface area (TPSA) is 137 Å². The van der Waals surface area contributed by atoms with Crippen LogP contribution in [0.2, 0.25) is 0 Å². The van der Waals surface area contributed by atoms with Gasteiger partial charge in [-0.2, -0.15) is 10.5 Å². The molecule has 0 saturated heterocycles. The molecule has 0 bridgehead atoms. The second kappa shape index (κ2) is 8.46. The summed E-state index contributed by atoms with van der Waals surface area (Å²) in [5.74, 6) is -0.186. The van der Waals surface area contributed by atoms with Crippen LogP contribution in [-0.4, -0.2) is 31.5 Å². The Morgan fingerprint density at radius 2 is 2.11 bits per heavy atom. The normalized spacial score (nSPS) is 10.9. The highest BCUT2D eigenvalue weighted by Crippen LogP contribution is 2.38. The third kappa shape index (κ3) is 4.13. The zero-order valence-electron chi connectivity index (χ0n) is 14.9. The van der Waals surface area contributed by atoms with Crippen molar-refractivity contribution >= 4 is 17.0 Å². The minimum atomic E-state index is -0.308. The number of phenolic OH excluding ortho intramolecular Hbond substituents is 1. The zero-order chi connectivity index (χ0) is 19.9. The van der Waals surface area contributed by atoms with Crippen LogP contribution in [0.4, 0.5) is 5.69 Å². The maximum atomic E-state index is 11.8. The van der Waals surface area contributed by atoms with Gasteiger partial charge in [0.15, 0.2) is 11.5 Å². The van der Waals surface area contributed by atoms with Crippen molar-refractivity contribution in [2.75, 3.05) is 5.32 Å². The van der Waals surface area contributed by atoms with Gasteiger partial charge in [0.1, 0.15) is 29.7 Å². The van der Waals surface area contributed by atoms with Gasteiger partial charge in [-0.3, -0.25) is 4.79 Å². The van der Waals surface area contributed by atoms with E-state index < -0.39 is 0 Å². The Balaban J connectivity index is 1.93. The Kier molecular flexibility index (Phi) is 5.62. The fraction of sp³-hybridized carbons (Fsp3) is 0.105. The van der Waals surface area contributed by atoms with Crippen molar-refractivity contribution in [1.82, 2.24) is 20.6 Å². The summed E-state index contributed by atoms with van der Waals surface area (Å²) < 4.78 is 5.80. The van der Waals surface area contributed by atoms with Gasteiger partial charge in [0, 0.05) is 6.20 Å². The number of hydrogen-bond acceptors (Lipinski definition) is 8. The molecule has 0 aliphatic carbocycles. The molecule has 28 heavy (non-hydrogen) atoms. The number of allylic oxidation sites excluding steroid dienone is 1. The monoisotopic (exact) mass is 376 g/mol. The number of anilines is 1. The average molecular weight is 376 g/mol. The van der Waals surface area contributed by atoms with Crippen molar-refractivity contribution in [2.45, 2.75) is 13.5 Å². The molecule has 0 unspecified atom stereocenters. The van der Waals surface area contributed by atoms with E-state index in [9.17, 15) is 15.2 Å². The number of nitrogens with one attached hydrogen (secondary N) is 2. The molecular formula is C19H16N6O3. The van der Waals surface area contributed by atoms with E-state index in [1.807, 2.05) is 36.4 Å². The van der Waals surface area contributed by atoms with Crippen molar-refractivity contribution < 1.29 is 14.6 Å². The van der Waals surface area contributed by atoms with E-state index in [4.69, 9.17) is 4.74 Å². The number of nitrogens with zero attached hydrogens (tertiary/aromatic N) is 4. The number of carbonyl (C=O) groups excluding carboxylic acids is 1. The van der Waals surface area contributed by atoms with Gasteiger partial charge in [-0.25, -0.2) is 0 Å². The largest absolute Gasteiger partial charge is 0.505 e. The van der Waals surface area contributed by atoms with E-state index in [0.717, 1.165) is 5.56 Å². The van der Waals surface area contributed by atoms with Crippen LogP contribution in [0.25, 0.3) is 5.57 Å². The molecule has 0 spiro atoms. The number of hydrogen-bond donors (Lipinski definition) is 3. The first kappa shape index (κ1) is 18.6. The van der Waals surface area contributed by atoms with Crippen molar-refractivity contribution in [3.8, 4) is 17.6 Å². The molecule has 3 rings (SSSR count). The predicted octanol–water partition coefficient (Wildman–Crippen LogP) is 2.66. The lowest BCUT2D eigenvalue weighted by atomic mass is 10.1. The minimum Gasteiger partial charge on any atom is -0.505 e. The van der Waals surface area contributed by atoms with E-state index >= 15 is 0 Å². The van der Waals surface area contributed by atoms with Crippen molar-refractivity contribution in [1.29, 1.82) is 5.26 Å². The van der Waals surface area contributed by atoms with E-state index in [-0.39, 0.29) is 40.8 Å². The number of aromatic amines is 1. The number of phenols is 1. The lowest BCUT2D eigenvalue weighted by Gasteiger charge is -2.15. The Morgan fingerprint density at radius 3 is 2.75 bits per heavy atom. The van der Waals surface area contributed by atoms with Crippen LogP contribution in [-0.2, 0) is 6.61 Å². The highest BCUT2D eigenvalue weighted by Gasteiger charge is 2.17. The fourth-order valence-corrected chi connectivity index (χ4v) is 2.42. The number of rotatable bonds is 7. The second-order valence-corrected chi connectivity index (χ2v) is 5.71. The molecule has 9 nitrogen and oxygen atoms in total. The first-order chi connectivity index (χ1) is 13.6. The summed E-state index contributed by atoms with van der Waals surface area (Å²) in [6, 6.07) is 14.5. The molecule has 0 aliphatic rings. The average Bonchev–Trinajstić information content (AvgIpc) is 3.23. The molecular weight excluding hydrogens is 360 g/mol. The molecule has 140 valence electrons. The van der Waals surface area contributed by atoms with Gasteiger partial charge in [-0.15, -0.1) is 10.2 Å². The van der Waals surface area contributed by atoms with Gasteiger partial charge >= 0.3 is 0 Å². The molecule has 1 aromatic heterocycles. The van der Waals surface area contributed by atoms with Gasteiger partial charge in [0.25, 0.3) is 0 Å². The van der Waals surface area contributed by atoms with E-state index in [2.05, 4.69) is 25.9 Å². The minimum absolute atomic E-state index is 0.0791. The Labute approximate surface area is 160 Å². The van der Waals surface area contributed by atoms with Crippen LogP contribution in [0.5, 0.6) is 11.5 Å².